The molecule has 36 heavy (non-hydrogen) atoms. The first-order valence-corrected chi connectivity index (χ1v) is 12.9. The van der Waals surface area contributed by atoms with E-state index < -0.39 is 24.2 Å². The molecule has 7 nitrogen and oxygen atoms in total. The van der Waals surface area contributed by atoms with Gasteiger partial charge >= 0.3 is 0 Å². The Morgan fingerprint density at radius 3 is 2.53 bits per heavy atom. The van der Waals surface area contributed by atoms with Gasteiger partial charge in [-0.15, -0.1) is 0 Å². The van der Waals surface area contributed by atoms with E-state index in [9.17, 15) is 19.8 Å². The Hall–Kier alpha value is -3.16. The molecule has 2 aliphatic carbocycles. The van der Waals surface area contributed by atoms with Crippen molar-refractivity contribution in [2.75, 3.05) is 13.2 Å². The van der Waals surface area contributed by atoms with Crippen LogP contribution in [-0.4, -0.2) is 58.3 Å². The van der Waals surface area contributed by atoms with Crippen molar-refractivity contribution in [3.05, 3.63) is 76.9 Å². The standard InChI is InChI=1S/C29H34N2O5/c1-18-10-12-19(13-11-18)17-31(29(35)20-6-2-3-7-20)23-16-22(28(34)30-14-15-32)25-21-8-4-5-9-24(21)36-27(25)26(23)33/h4-5,8-13,16,20,23,25-27,32-33H,2-3,6-7,14-15,17H2,1H3,(H,30,34)/t23-,25+,26+,27+/m1/s1. The average Bonchev–Trinajstić information content (AvgIpc) is 3.56. The van der Waals surface area contributed by atoms with E-state index in [4.69, 9.17) is 4.74 Å². The Balaban J connectivity index is 1.55. The van der Waals surface area contributed by atoms with Crippen molar-refractivity contribution in [2.24, 2.45) is 5.92 Å². The first-order valence-electron chi connectivity index (χ1n) is 12.9. The molecule has 0 saturated heterocycles. The van der Waals surface area contributed by atoms with E-state index in [1.165, 1.54) is 0 Å². The predicted octanol–water partition coefficient (Wildman–Crippen LogP) is 2.84. The fourth-order valence-electron chi connectivity index (χ4n) is 5.82. The van der Waals surface area contributed by atoms with E-state index in [1.807, 2.05) is 55.5 Å². The topological polar surface area (TPSA) is 99.1 Å². The van der Waals surface area contributed by atoms with Gasteiger partial charge in [-0.05, 0) is 37.5 Å². The van der Waals surface area contributed by atoms with Crippen molar-refractivity contribution in [1.29, 1.82) is 0 Å². The fraction of sp³-hybridized carbons (Fsp3) is 0.448. The van der Waals surface area contributed by atoms with Gasteiger partial charge in [0.05, 0.1) is 18.6 Å². The van der Waals surface area contributed by atoms with Gasteiger partial charge in [0, 0.05) is 30.1 Å². The van der Waals surface area contributed by atoms with Crippen molar-refractivity contribution in [3.63, 3.8) is 0 Å². The molecule has 1 saturated carbocycles. The Morgan fingerprint density at radius 1 is 1.08 bits per heavy atom. The van der Waals surface area contributed by atoms with Gasteiger partial charge in [0.25, 0.3) is 0 Å². The number of benzene rings is 2. The maximum Gasteiger partial charge on any atom is 0.247 e. The molecule has 2 aromatic rings. The van der Waals surface area contributed by atoms with E-state index in [0.29, 0.717) is 17.9 Å². The molecule has 5 rings (SSSR count). The van der Waals surface area contributed by atoms with Gasteiger partial charge in [0.1, 0.15) is 18.0 Å². The van der Waals surface area contributed by atoms with E-state index in [1.54, 1.807) is 11.0 Å². The summed E-state index contributed by atoms with van der Waals surface area (Å²) < 4.78 is 6.20. The highest BCUT2D eigenvalue weighted by Crippen LogP contribution is 2.47. The summed E-state index contributed by atoms with van der Waals surface area (Å²) in [5.74, 6) is -0.200. The minimum absolute atomic E-state index is 0.0115. The molecule has 2 aromatic carbocycles. The summed E-state index contributed by atoms with van der Waals surface area (Å²) in [4.78, 5) is 28.8. The molecule has 1 heterocycles. The van der Waals surface area contributed by atoms with Crippen LogP contribution >= 0.6 is 0 Å². The second kappa shape index (κ2) is 10.4. The number of aliphatic hydroxyl groups excluding tert-OH is 2. The Morgan fingerprint density at radius 2 is 1.81 bits per heavy atom. The Labute approximate surface area is 211 Å². The van der Waals surface area contributed by atoms with Gasteiger partial charge in [0.2, 0.25) is 11.8 Å². The number of rotatable bonds is 7. The van der Waals surface area contributed by atoms with E-state index >= 15 is 0 Å². The maximum absolute atomic E-state index is 13.8. The monoisotopic (exact) mass is 490 g/mol. The predicted molar refractivity (Wildman–Crippen MR) is 135 cm³/mol. The molecule has 0 aromatic heterocycles. The van der Waals surface area contributed by atoms with Gasteiger partial charge in [-0.3, -0.25) is 9.59 Å². The van der Waals surface area contributed by atoms with Gasteiger partial charge < -0.3 is 25.2 Å². The lowest BCUT2D eigenvalue weighted by Gasteiger charge is -2.41. The largest absolute Gasteiger partial charge is 0.486 e. The lowest BCUT2D eigenvalue weighted by Crippen LogP contribution is -2.56. The second-order valence-electron chi connectivity index (χ2n) is 10.1. The van der Waals surface area contributed by atoms with E-state index in [-0.39, 0.29) is 30.9 Å². The van der Waals surface area contributed by atoms with Gasteiger partial charge in [0.15, 0.2) is 0 Å². The van der Waals surface area contributed by atoms with Crippen molar-refractivity contribution in [2.45, 2.75) is 63.3 Å². The molecule has 1 fully saturated rings. The zero-order valence-corrected chi connectivity index (χ0v) is 20.6. The summed E-state index contributed by atoms with van der Waals surface area (Å²) >= 11 is 0. The third-order valence-corrected chi connectivity index (χ3v) is 7.70. The molecule has 2 amide bonds. The van der Waals surface area contributed by atoms with Crippen LogP contribution < -0.4 is 10.1 Å². The quantitative estimate of drug-likeness (QED) is 0.554. The average molecular weight is 491 g/mol. The molecular weight excluding hydrogens is 456 g/mol. The molecule has 3 aliphatic rings. The zero-order valence-electron chi connectivity index (χ0n) is 20.6. The van der Waals surface area contributed by atoms with E-state index in [0.717, 1.165) is 42.4 Å². The summed E-state index contributed by atoms with van der Waals surface area (Å²) in [6, 6.07) is 14.8. The summed E-state index contributed by atoms with van der Waals surface area (Å²) in [5, 5.41) is 23.7. The highest BCUT2D eigenvalue weighted by molar-refractivity contribution is 5.96. The number of hydrogen-bond donors (Lipinski definition) is 3. The molecule has 190 valence electrons. The fourth-order valence-corrected chi connectivity index (χ4v) is 5.82. The number of amides is 2. The molecule has 0 bridgehead atoms. The van der Waals surface area contributed by atoms with Crippen molar-refractivity contribution in [3.8, 4) is 5.75 Å². The van der Waals surface area contributed by atoms with Crippen LogP contribution in [0.3, 0.4) is 0 Å². The van der Waals surface area contributed by atoms with Crippen LogP contribution in [0.25, 0.3) is 0 Å². The molecule has 4 atom stereocenters. The highest BCUT2D eigenvalue weighted by atomic mass is 16.5. The third kappa shape index (κ3) is 4.65. The van der Waals surface area contributed by atoms with Crippen LogP contribution in [0.4, 0.5) is 0 Å². The number of nitrogens with zero attached hydrogens (tertiary/aromatic N) is 1. The molecule has 1 aliphatic heterocycles. The molecule has 3 N–H and O–H groups in total. The summed E-state index contributed by atoms with van der Waals surface area (Å²) in [7, 11) is 0. The molecular formula is C29H34N2O5. The van der Waals surface area contributed by atoms with Crippen LogP contribution in [0.1, 0.15) is 48.3 Å². The minimum Gasteiger partial charge on any atom is -0.486 e. The maximum atomic E-state index is 13.8. The normalized spacial score (nSPS) is 24.9. The smallest absolute Gasteiger partial charge is 0.247 e. The lowest BCUT2D eigenvalue weighted by molar-refractivity contribution is -0.142. The van der Waals surface area contributed by atoms with Crippen molar-refractivity contribution < 1.29 is 24.5 Å². The van der Waals surface area contributed by atoms with Gasteiger partial charge in [-0.25, -0.2) is 0 Å². The number of carbonyl (C=O) groups excluding carboxylic acids is 2. The third-order valence-electron chi connectivity index (χ3n) is 7.70. The number of aliphatic hydroxyl groups is 2. The first-order chi connectivity index (χ1) is 17.5. The number of ether oxygens (including phenoxy) is 1. The van der Waals surface area contributed by atoms with Crippen molar-refractivity contribution >= 4 is 11.8 Å². The molecule has 0 spiro atoms. The first kappa shape index (κ1) is 24.5. The second-order valence-corrected chi connectivity index (χ2v) is 10.1. The number of hydrogen-bond acceptors (Lipinski definition) is 5. The Bertz CT molecular complexity index is 1140. The van der Waals surface area contributed by atoms with Crippen LogP contribution in [0.5, 0.6) is 5.75 Å². The van der Waals surface area contributed by atoms with Gasteiger partial charge in [-0.1, -0.05) is 60.9 Å². The minimum atomic E-state index is -1.01. The summed E-state index contributed by atoms with van der Waals surface area (Å²) in [6.45, 7) is 2.30. The summed E-state index contributed by atoms with van der Waals surface area (Å²) in [6.07, 6.45) is 3.79. The van der Waals surface area contributed by atoms with Crippen LogP contribution in [-0.2, 0) is 16.1 Å². The van der Waals surface area contributed by atoms with Crippen LogP contribution in [0, 0.1) is 12.8 Å². The molecule has 0 radical (unpaired) electrons. The number of para-hydroxylation sites is 1. The zero-order chi connectivity index (χ0) is 25.2. The number of fused-ring (bicyclic) bond motifs is 3. The van der Waals surface area contributed by atoms with Crippen LogP contribution in [0.2, 0.25) is 0 Å². The highest BCUT2D eigenvalue weighted by Gasteiger charge is 2.50. The molecule has 0 unspecified atom stereocenters. The number of carbonyl (C=O) groups is 2. The molecule has 7 heteroatoms. The SMILES string of the molecule is Cc1ccc(CN(C(=O)C2CCCC2)[C@@H]2C=C(C(=O)NCCO)[C@@H]3c4ccccc4O[C@@H]3[C@H]2O)cc1. The number of nitrogens with one attached hydrogen (secondary N) is 1. The van der Waals surface area contributed by atoms with Gasteiger partial charge in [-0.2, -0.15) is 0 Å². The van der Waals surface area contributed by atoms with Crippen molar-refractivity contribution in [1.82, 2.24) is 10.2 Å². The summed E-state index contributed by atoms with van der Waals surface area (Å²) in [5.41, 5.74) is 3.41. The number of aryl methyl sites for hydroxylation is 1. The Kier molecular flexibility index (Phi) is 7.12. The van der Waals surface area contributed by atoms with Crippen LogP contribution in [0.15, 0.2) is 60.2 Å². The lowest BCUT2D eigenvalue weighted by atomic mass is 9.77. The van der Waals surface area contributed by atoms with E-state index in [2.05, 4.69) is 5.32 Å².